The second-order valence-corrected chi connectivity index (χ2v) is 7.59. The molecule has 3 N–H and O–H groups in total. The highest BCUT2D eigenvalue weighted by molar-refractivity contribution is 7.17. The SMILES string of the molecule is COc1ccc(NC(=O)c2sc(NC(=O)Nc3ccc(Cl)cc3)nc2C)cc1C. The van der Waals surface area contributed by atoms with Crippen molar-refractivity contribution in [3.63, 3.8) is 0 Å². The van der Waals surface area contributed by atoms with Crippen molar-refractivity contribution in [1.29, 1.82) is 0 Å². The van der Waals surface area contributed by atoms with Gasteiger partial charge in [-0.15, -0.1) is 0 Å². The van der Waals surface area contributed by atoms with Gasteiger partial charge >= 0.3 is 6.03 Å². The summed E-state index contributed by atoms with van der Waals surface area (Å²) >= 11 is 6.93. The predicted molar refractivity (Wildman–Crippen MR) is 117 cm³/mol. The van der Waals surface area contributed by atoms with Crippen LogP contribution in [0, 0.1) is 13.8 Å². The third-order valence-electron chi connectivity index (χ3n) is 3.98. The normalized spacial score (nSPS) is 10.3. The van der Waals surface area contributed by atoms with E-state index < -0.39 is 6.03 Å². The van der Waals surface area contributed by atoms with Crippen molar-refractivity contribution < 1.29 is 14.3 Å². The fourth-order valence-corrected chi connectivity index (χ4v) is 3.58. The number of nitrogens with one attached hydrogen (secondary N) is 3. The molecule has 0 bridgehead atoms. The van der Waals surface area contributed by atoms with Crippen LogP contribution in [-0.4, -0.2) is 24.0 Å². The molecule has 0 aliphatic heterocycles. The fourth-order valence-electron chi connectivity index (χ4n) is 2.60. The molecule has 3 aromatic rings. The number of benzene rings is 2. The summed E-state index contributed by atoms with van der Waals surface area (Å²) in [6.07, 6.45) is 0. The Hall–Kier alpha value is -3.10. The van der Waals surface area contributed by atoms with Gasteiger partial charge in [-0.25, -0.2) is 9.78 Å². The van der Waals surface area contributed by atoms with Gasteiger partial charge in [-0.2, -0.15) is 0 Å². The Morgan fingerprint density at radius 3 is 2.34 bits per heavy atom. The number of aromatic nitrogens is 1. The van der Waals surface area contributed by atoms with E-state index in [-0.39, 0.29) is 5.91 Å². The van der Waals surface area contributed by atoms with Crippen LogP contribution >= 0.6 is 22.9 Å². The first-order valence-electron chi connectivity index (χ1n) is 8.62. The van der Waals surface area contributed by atoms with Gasteiger partial charge in [0, 0.05) is 16.4 Å². The summed E-state index contributed by atoms with van der Waals surface area (Å²) in [6.45, 7) is 3.61. The van der Waals surface area contributed by atoms with Crippen LogP contribution in [0.3, 0.4) is 0 Å². The highest BCUT2D eigenvalue weighted by Gasteiger charge is 2.17. The van der Waals surface area contributed by atoms with Crippen LogP contribution < -0.4 is 20.7 Å². The van der Waals surface area contributed by atoms with Crippen LogP contribution in [0.15, 0.2) is 42.5 Å². The predicted octanol–water partition coefficient (Wildman–Crippen LogP) is 5.32. The van der Waals surface area contributed by atoms with E-state index in [0.717, 1.165) is 22.6 Å². The molecule has 3 rings (SSSR count). The first kappa shape index (κ1) is 20.6. The molecule has 0 saturated carbocycles. The number of thiazole rings is 1. The molecule has 0 saturated heterocycles. The zero-order valence-corrected chi connectivity index (χ0v) is 17.6. The molecule has 0 aliphatic carbocycles. The molecule has 9 heteroatoms. The van der Waals surface area contributed by atoms with Gasteiger partial charge in [0.15, 0.2) is 5.13 Å². The number of hydrogen-bond donors (Lipinski definition) is 3. The van der Waals surface area contributed by atoms with Crippen LogP contribution in [0.4, 0.5) is 21.3 Å². The molecule has 29 heavy (non-hydrogen) atoms. The maximum absolute atomic E-state index is 12.6. The molecule has 0 aliphatic rings. The molecule has 0 atom stereocenters. The van der Waals surface area contributed by atoms with Gasteiger partial charge in [0.05, 0.1) is 12.8 Å². The molecule has 0 radical (unpaired) electrons. The average molecular weight is 431 g/mol. The first-order valence-corrected chi connectivity index (χ1v) is 9.82. The number of ether oxygens (including phenoxy) is 1. The lowest BCUT2D eigenvalue weighted by atomic mass is 10.2. The molecule has 0 fully saturated rings. The summed E-state index contributed by atoms with van der Waals surface area (Å²) in [5.74, 6) is 0.450. The molecule has 3 amide bonds. The van der Waals surface area contributed by atoms with E-state index in [4.69, 9.17) is 16.3 Å². The van der Waals surface area contributed by atoms with E-state index in [1.54, 1.807) is 50.4 Å². The van der Waals surface area contributed by atoms with Crippen LogP contribution in [0.25, 0.3) is 0 Å². The fraction of sp³-hybridized carbons (Fsp3) is 0.150. The Balaban J connectivity index is 1.65. The molecule has 1 aromatic heterocycles. The lowest BCUT2D eigenvalue weighted by Gasteiger charge is -2.08. The van der Waals surface area contributed by atoms with Crippen LogP contribution in [0.5, 0.6) is 5.75 Å². The third kappa shape index (κ3) is 5.24. The van der Waals surface area contributed by atoms with Crippen molar-refractivity contribution in [2.75, 3.05) is 23.1 Å². The van der Waals surface area contributed by atoms with Crippen molar-refractivity contribution in [3.05, 3.63) is 63.6 Å². The van der Waals surface area contributed by atoms with Crippen molar-refractivity contribution in [2.24, 2.45) is 0 Å². The zero-order chi connectivity index (χ0) is 21.0. The minimum atomic E-state index is -0.459. The van der Waals surface area contributed by atoms with E-state index in [0.29, 0.717) is 32.1 Å². The second kappa shape index (κ2) is 8.93. The largest absolute Gasteiger partial charge is 0.496 e. The summed E-state index contributed by atoms with van der Waals surface area (Å²) in [7, 11) is 1.60. The lowest BCUT2D eigenvalue weighted by molar-refractivity contribution is 0.102. The highest BCUT2D eigenvalue weighted by Crippen LogP contribution is 2.26. The number of aryl methyl sites for hydroxylation is 2. The summed E-state index contributed by atoms with van der Waals surface area (Å²) in [4.78, 5) is 29.4. The minimum absolute atomic E-state index is 0.296. The quantitative estimate of drug-likeness (QED) is 0.510. The van der Waals surface area contributed by atoms with Gasteiger partial charge in [-0.3, -0.25) is 10.1 Å². The van der Waals surface area contributed by atoms with Gasteiger partial charge in [-0.05, 0) is 61.9 Å². The van der Waals surface area contributed by atoms with Crippen LogP contribution in [-0.2, 0) is 0 Å². The summed E-state index contributed by atoms with van der Waals surface area (Å²) in [6, 6.07) is 11.6. The first-order chi connectivity index (χ1) is 13.9. The third-order valence-corrected chi connectivity index (χ3v) is 5.30. The Labute approximate surface area is 177 Å². The summed E-state index contributed by atoms with van der Waals surface area (Å²) in [5, 5.41) is 9.06. The van der Waals surface area contributed by atoms with Crippen LogP contribution in [0.2, 0.25) is 5.02 Å². The van der Waals surface area contributed by atoms with Gasteiger partial charge in [0.1, 0.15) is 10.6 Å². The maximum atomic E-state index is 12.6. The molecule has 0 unspecified atom stereocenters. The summed E-state index contributed by atoms with van der Waals surface area (Å²) in [5.41, 5.74) is 2.68. The standard InChI is InChI=1S/C20H19ClN4O3S/c1-11-10-15(8-9-16(11)28-3)23-18(26)17-12(2)22-20(29-17)25-19(27)24-14-6-4-13(21)5-7-14/h4-10H,1-3H3,(H,23,26)(H2,22,24,25,27). The minimum Gasteiger partial charge on any atom is -0.496 e. The Bertz CT molecular complexity index is 1050. The van der Waals surface area contributed by atoms with E-state index in [9.17, 15) is 9.59 Å². The average Bonchev–Trinajstić information content (AvgIpc) is 3.04. The maximum Gasteiger partial charge on any atom is 0.325 e. The Morgan fingerprint density at radius 2 is 1.69 bits per heavy atom. The van der Waals surface area contributed by atoms with Gasteiger partial charge in [0.25, 0.3) is 5.91 Å². The molecule has 0 spiro atoms. The van der Waals surface area contributed by atoms with Gasteiger partial charge in [-0.1, -0.05) is 22.9 Å². The monoisotopic (exact) mass is 430 g/mol. The molecule has 2 aromatic carbocycles. The topological polar surface area (TPSA) is 92.4 Å². The van der Waals surface area contributed by atoms with Crippen molar-refractivity contribution >= 4 is 51.4 Å². The highest BCUT2D eigenvalue weighted by atomic mass is 35.5. The molecule has 1 heterocycles. The van der Waals surface area contributed by atoms with Gasteiger partial charge in [0.2, 0.25) is 0 Å². The van der Waals surface area contributed by atoms with E-state index in [1.165, 1.54) is 0 Å². The van der Waals surface area contributed by atoms with Crippen molar-refractivity contribution in [1.82, 2.24) is 4.98 Å². The van der Waals surface area contributed by atoms with E-state index in [1.807, 2.05) is 13.0 Å². The van der Waals surface area contributed by atoms with Gasteiger partial charge < -0.3 is 15.4 Å². The number of amides is 3. The number of rotatable bonds is 5. The zero-order valence-electron chi connectivity index (χ0n) is 16.0. The smallest absolute Gasteiger partial charge is 0.325 e. The molecule has 7 nitrogen and oxygen atoms in total. The second-order valence-electron chi connectivity index (χ2n) is 6.16. The number of anilines is 3. The lowest BCUT2D eigenvalue weighted by Crippen LogP contribution is -2.19. The number of methoxy groups -OCH3 is 1. The number of carbonyl (C=O) groups is 2. The van der Waals surface area contributed by atoms with E-state index >= 15 is 0 Å². The number of halogens is 1. The Morgan fingerprint density at radius 1 is 1.00 bits per heavy atom. The molecule has 150 valence electrons. The number of hydrogen-bond acceptors (Lipinski definition) is 5. The number of carbonyl (C=O) groups excluding carboxylic acids is 2. The number of nitrogens with zero attached hydrogens (tertiary/aromatic N) is 1. The number of urea groups is 1. The van der Waals surface area contributed by atoms with Crippen LogP contribution in [0.1, 0.15) is 20.9 Å². The Kier molecular flexibility index (Phi) is 6.36. The van der Waals surface area contributed by atoms with E-state index in [2.05, 4.69) is 20.9 Å². The summed E-state index contributed by atoms with van der Waals surface area (Å²) < 4.78 is 5.22. The molecular formula is C20H19ClN4O3S. The van der Waals surface area contributed by atoms with Crippen molar-refractivity contribution in [2.45, 2.75) is 13.8 Å². The molecular weight excluding hydrogens is 412 g/mol. The van der Waals surface area contributed by atoms with Crippen molar-refractivity contribution in [3.8, 4) is 5.75 Å².